The molecular weight excluding hydrogens is 505 g/mol. The minimum absolute atomic E-state index is 0. The van der Waals surface area contributed by atoms with Crippen LogP contribution in [0.5, 0.6) is 5.75 Å². The third kappa shape index (κ3) is 6.27. The van der Waals surface area contributed by atoms with Gasteiger partial charge in [0.2, 0.25) is 5.95 Å². The van der Waals surface area contributed by atoms with Gasteiger partial charge >= 0.3 is 0 Å². The number of ether oxygens (including phenoxy) is 1. The van der Waals surface area contributed by atoms with Crippen molar-refractivity contribution in [2.45, 2.75) is 19.4 Å². The van der Waals surface area contributed by atoms with E-state index in [-0.39, 0.29) is 37.0 Å². The summed E-state index contributed by atoms with van der Waals surface area (Å²) in [4.78, 5) is 37.3. The number of benzene rings is 2. The van der Waals surface area contributed by atoms with E-state index in [9.17, 15) is 9.59 Å². The fraction of sp³-hybridized carbons (Fsp3) is 0.280. The second-order valence-electron chi connectivity index (χ2n) is 7.94. The second kappa shape index (κ2) is 12.3. The average Bonchev–Trinajstić information content (AvgIpc) is 2.88. The fourth-order valence-electron chi connectivity index (χ4n) is 3.78. The van der Waals surface area contributed by atoms with Gasteiger partial charge in [-0.3, -0.25) is 9.59 Å². The van der Waals surface area contributed by atoms with Crippen LogP contribution in [0.1, 0.15) is 22.4 Å². The first-order chi connectivity index (χ1) is 17.0. The molecule has 0 bridgehead atoms. The van der Waals surface area contributed by atoms with Gasteiger partial charge in [-0.25, -0.2) is 4.98 Å². The Morgan fingerprint density at radius 1 is 1.19 bits per heavy atom. The van der Waals surface area contributed by atoms with Crippen LogP contribution in [-0.2, 0) is 24.2 Å². The lowest BCUT2D eigenvalue weighted by molar-refractivity contribution is -0.134. The third-order valence-corrected chi connectivity index (χ3v) is 5.93. The Balaban J connectivity index is 0.00000361. The molecule has 9 nitrogen and oxygen atoms in total. The van der Waals surface area contributed by atoms with E-state index >= 15 is 0 Å². The van der Waals surface area contributed by atoms with E-state index in [1.54, 1.807) is 29.2 Å². The first kappa shape index (κ1) is 26.9. The van der Waals surface area contributed by atoms with Crippen molar-refractivity contribution in [1.29, 1.82) is 5.26 Å². The maximum atomic E-state index is 13.1. The van der Waals surface area contributed by atoms with Crippen LogP contribution in [0.2, 0.25) is 5.02 Å². The molecule has 0 atom stereocenters. The summed E-state index contributed by atoms with van der Waals surface area (Å²) in [6.45, 7) is 0.937. The van der Waals surface area contributed by atoms with Crippen LogP contribution in [0.4, 0.5) is 5.95 Å². The van der Waals surface area contributed by atoms with Crippen molar-refractivity contribution in [3.63, 3.8) is 0 Å². The van der Waals surface area contributed by atoms with E-state index in [1.807, 2.05) is 30.3 Å². The molecule has 1 aromatic heterocycles. The number of nitrogens with zero attached hydrogens (tertiary/aromatic N) is 4. The largest absolute Gasteiger partial charge is 0.484 e. The SMILES string of the molecule is COn1c(NCCc2ccc(Cl)cc2)nc2c(c1=O)CN(C(=O)COc1ccc(C#N)cc1)CC2.Cl. The van der Waals surface area contributed by atoms with E-state index < -0.39 is 0 Å². The van der Waals surface area contributed by atoms with Gasteiger partial charge in [0.05, 0.1) is 29.4 Å². The highest BCUT2D eigenvalue weighted by Crippen LogP contribution is 2.18. The Labute approximate surface area is 219 Å². The fourth-order valence-corrected chi connectivity index (χ4v) is 3.91. The zero-order valence-corrected chi connectivity index (χ0v) is 21.1. The van der Waals surface area contributed by atoms with Gasteiger partial charge in [0.25, 0.3) is 11.5 Å². The van der Waals surface area contributed by atoms with Gasteiger partial charge < -0.3 is 19.8 Å². The van der Waals surface area contributed by atoms with Crippen molar-refractivity contribution in [2.75, 3.05) is 32.1 Å². The van der Waals surface area contributed by atoms with Crippen LogP contribution in [0.25, 0.3) is 0 Å². The van der Waals surface area contributed by atoms with E-state index in [4.69, 9.17) is 26.4 Å². The molecule has 3 aromatic rings. The number of nitriles is 1. The maximum absolute atomic E-state index is 13.1. The first-order valence-corrected chi connectivity index (χ1v) is 11.4. The molecule has 1 N–H and O–H groups in total. The number of fused-ring (bicyclic) bond motifs is 1. The van der Waals surface area contributed by atoms with Crippen molar-refractivity contribution >= 4 is 35.9 Å². The number of carbonyl (C=O) groups excluding carboxylic acids is 1. The number of hydrogen-bond acceptors (Lipinski definition) is 7. The molecule has 1 aliphatic rings. The number of anilines is 1. The van der Waals surface area contributed by atoms with E-state index in [1.165, 1.54) is 7.11 Å². The molecule has 0 aliphatic carbocycles. The molecule has 11 heteroatoms. The molecule has 188 valence electrons. The smallest absolute Gasteiger partial charge is 0.293 e. The van der Waals surface area contributed by atoms with E-state index in [0.717, 1.165) is 16.7 Å². The molecule has 0 radical (unpaired) electrons. The number of carbonyl (C=O) groups is 1. The van der Waals surface area contributed by atoms with Gasteiger partial charge in [-0.15, -0.1) is 17.1 Å². The summed E-state index contributed by atoms with van der Waals surface area (Å²) < 4.78 is 6.66. The monoisotopic (exact) mass is 529 g/mol. The van der Waals surface area contributed by atoms with Crippen LogP contribution < -0.4 is 20.5 Å². The summed E-state index contributed by atoms with van der Waals surface area (Å²) in [5.41, 5.74) is 2.33. The Bertz CT molecular complexity index is 1300. The van der Waals surface area contributed by atoms with Crippen molar-refractivity contribution in [1.82, 2.24) is 14.6 Å². The molecule has 0 saturated heterocycles. The highest BCUT2D eigenvalue weighted by atomic mass is 35.5. The molecular formula is C25H25Cl2N5O4. The van der Waals surface area contributed by atoms with Gasteiger partial charge in [0.15, 0.2) is 6.61 Å². The molecule has 1 aliphatic heterocycles. The van der Waals surface area contributed by atoms with Gasteiger partial charge in [-0.1, -0.05) is 23.7 Å². The maximum Gasteiger partial charge on any atom is 0.293 e. The summed E-state index contributed by atoms with van der Waals surface area (Å²) in [5, 5.41) is 12.7. The molecule has 0 spiro atoms. The lowest BCUT2D eigenvalue weighted by atomic mass is 10.1. The van der Waals surface area contributed by atoms with Gasteiger partial charge in [-0.05, 0) is 48.4 Å². The highest BCUT2D eigenvalue weighted by molar-refractivity contribution is 6.30. The Hall–Kier alpha value is -3.74. The molecule has 36 heavy (non-hydrogen) atoms. The van der Waals surface area contributed by atoms with Crippen LogP contribution in [0.15, 0.2) is 53.3 Å². The minimum atomic E-state index is -0.350. The van der Waals surface area contributed by atoms with Gasteiger partial charge in [0.1, 0.15) is 12.9 Å². The summed E-state index contributed by atoms with van der Waals surface area (Å²) in [6.07, 6.45) is 1.17. The summed E-state index contributed by atoms with van der Waals surface area (Å²) in [6, 6.07) is 16.1. The van der Waals surface area contributed by atoms with Crippen LogP contribution in [-0.4, -0.2) is 47.3 Å². The van der Waals surface area contributed by atoms with Crippen molar-refractivity contribution in [2.24, 2.45) is 0 Å². The van der Waals surface area contributed by atoms with E-state index in [0.29, 0.717) is 53.1 Å². The number of aromatic nitrogens is 2. The molecule has 0 fully saturated rings. The van der Waals surface area contributed by atoms with Crippen LogP contribution in [0, 0.1) is 11.3 Å². The molecule has 0 saturated carbocycles. The van der Waals surface area contributed by atoms with Crippen molar-refractivity contribution in [3.05, 3.63) is 86.3 Å². The molecule has 1 amide bonds. The molecule has 2 aromatic carbocycles. The molecule has 0 unspecified atom stereocenters. The molecule has 4 rings (SSSR count). The number of nitrogens with one attached hydrogen (secondary N) is 1. The van der Waals surface area contributed by atoms with Crippen molar-refractivity contribution < 1.29 is 14.4 Å². The minimum Gasteiger partial charge on any atom is -0.484 e. The quantitative estimate of drug-likeness (QED) is 0.477. The standard InChI is InChI=1S/C25H24ClN5O4.ClH/c1-34-31-24(33)21-15-30(23(32)16-35-20-8-4-18(14-27)5-9-20)13-11-22(21)29-25(31)28-12-10-17-2-6-19(26)7-3-17;/h2-9H,10-13,15-16H2,1H3,(H,28,29);1H. The number of rotatable bonds is 8. The number of halogens is 2. The Morgan fingerprint density at radius 3 is 2.58 bits per heavy atom. The lowest BCUT2D eigenvalue weighted by Crippen LogP contribution is -2.44. The van der Waals surface area contributed by atoms with Gasteiger partial charge in [-0.2, -0.15) is 5.26 Å². The van der Waals surface area contributed by atoms with E-state index in [2.05, 4.69) is 10.3 Å². The average molecular weight is 530 g/mol. The van der Waals surface area contributed by atoms with Crippen LogP contribution >= 0.6 is 24.0 Å². The zero-order valence-electron chi connectivity index (χ0n) is 19.6. The second-order valence-corrected chi connectivity index (χ2v) is 8.37. The molecule has 2 heterocycles. The predicted octanol–water partition coefficient (Wildman–Crippen LogP) is 2.87. The summed E-state index contributed by atoms with van der Waals surface area (Å²) in [5.74, 6) is 0.579. The normalized spacial score (nSPS) is 12.1. The first-order valence-electron chi connectivity index (χ1n) is 11.1. The summed E-state index contributed by atoms with van der Waals surface area (Å²) >= 11 is 5.93. The zero-order chi connectivity index (χ0) is 24.8. The van der Waals surface area contributed by atoms with Crippen molar-refractivity contribution in [3.8, 4) is 11.8 Å². The number of amides is 1. The summed E-state index contributed by atoms with van der Waals surface area (Å²) in [7, 11) is 1.40. The predicted molar refractivity (Wildman–Crippen MR) is 138 cm³/mol. The Morgan fingerprint density at radius 2 is 1.92 bits per heavy atom. The third-order valence-electron chi connectivity index (χ3n) is 5.68. The highest BCUT2D eigenvalue weighted by Gasteiger charge is 2.27. The van der Waals surface area contributed by atoms with Gasteiger partial charge in [0, 0.05) is 24.5 Å². The topological polar surface area (TPSA) is 109 Å². The lowest BCUT2D eigenvalue weighted by Gasteiger charge is -2.28. The number of hydrogen-bond donors (Lipinski definition) is 1. The van der Waals surface area contributed by atoms with Crippen LogP contribution in [0.3, 0.4) is 0 Å². The Kier molecular flexibility index (Phi) is 9.17.